The Morgan fingerprint density at radius 2 is 1.71 bits per heavy atom. The normalized spacial score (nSPS) is 8.36. The molecule has 0 spiro atoms. The average Bonchev–Trinajstić information content (AvgIpc) is 1.83. The van der Waals surface area contributed by atoms with E-state index in [0.29, 0.717) is 0 Å². The number of hydrogen-bond acceptors (Lipinski definition) is 3. The van der Waals surface area contributed by atoms with Crippen LogP contribution in [0.15, 0.2) is 0 Å². The first-order valence-electron chi connectivity index (χ1n) is 3.84. The number of carboxylic acid groups (broad SMARTS) is 1. The molecule has 0 atom stereocenters. The molecule has 0 saturated heterocycles. The first kappa shape index (κ1) is 19.3. The predicted molar refractivity (Wildman–Crippen MR) is 63.9 cm³/mol. The van der Waals surface area contributed by atoms with Crippen molar-refractivity contribution >= 4 is 29.9 Å². The van der Waals surface area contributed by atoms with Crippen LogP contribution in [0, 0.1) is 11.8 Å². The van der Waals surface area contributed by atoms with Crippen molar-refractivity contribution < 1.29 is 19.5 Å². The van der Waals surface area contributed by atoms with Crippen LogP contribution >= 0.6 is 24.0 Å². The molecule has 0 heterocycles. The van der Waals surface area contributed by atoms with Crippen LogP contribution in [0.2, 0.25) is 0 Å². The third-order valence-electron chi connectivity index (χ3n) is 0.757. The van der Waals surface area contributed by atoms with E-state index < -0.39 is 5.97 Å². The van der Waals surface area contributed by atoms with Gasteiger partial charge in [-0.25, -0.2) is 0 Å². The predicted octanol–water partition coefficient (Wildman–Crippen LogP) is -0.937. The van der Waals surface area contributed by atoms with Crippen LogP contribution in [0.4, 0.5) is 0 Å². The molecule has 0 aliphatic rings. The van der Waals surface area contributed by atoms with Gasteiger partial charge in [-0.3, -0.25) is 0 Å². The summed E-state index contributed by atoms with van der Waals surface area (Å²) in [6, 6.07) is 0. The van der Waals surface area contributed by atoms with Crippen molar-refractivity contribution in [3.8, 4) is 11.8 Å². The number of quaternary nitrogens is 1. The molecule has 84 valence electrons. The number of carbonyl (C=O) groups excluding carboxylic acids is 1. The maximum atomic E-state index is 8.89. The van der Waals surface area contributed by atoms with Gasteiger partial charge in [0, 0.05) is 5.97 Å². The summed E-state index contributed by atoms with van der Waals surface area (Å²) in [6.07, 6.45) is 0. The first-order valence-corrected chi connectivity index (χ1v) is 3.84. The zero-order valence-corrected chi connectivity index (χ0v) is 11.4. The minimum absolute atomic E-state index is 0. The van der Waals surface area contributed by atoms with Gasteiger partial charge in [0.2, 0.25) is 0 Å². The van der Waals surface area contributed by atoms with Crippen molar-refractivity contribution in [1.82, 2.24) is 0 Å². The molecule has 0 aromatic rings. The van der Waals surface area contributed by atoms with Gasteiger partial charge in [-0.05, 0) is 12.8 Å². The van der Waals surface area contributed by atoms with Gasteiger partial charge in [0.25, 0.3) is 0 Å². The molecule has 4 nitrogen and oxygen atoms in total. The molecule has 0 aromatic heterocycles. The van der Waals surface area contributed by atoms with Gasteiger partial charge in [-0.2, -0.15) is 0 Å². The standard InChI is InChI=1S/C7H14NO.C2H4O2.HI/c1-8(2,3)6-4-5-7-9;1-2(3)4;/h9H,6-7H2,1-3H3;1H3,(H,3,4);1H/q+1;;/p-1. The molecule has 0 bridgehead atoms. The number of halogens is 1. The van der Waals surface area contributed by atoms with Crippen molar-refractivity contribution in [3.05, 3.63) is 0 Å². The molecule has 0 aliphatic carbocycles. The van der Waals surface area contributed by atoms with Crippen LogP contribution < -0.4 is 5.11 Å². The number of rotatable bonds is 1. The summed E-state index contributed by atoms with van der Waals surface area (Å²) < 4.78 is 0.826. The van der Waals surface area contributed by atoms with Gasteiger partial charge >= 0.3 is 0 Å². The van der Waals surface area contributed by atoms with E-state index in [1.807, 2.05) is 0 Å². The molecule has 1 N–H and O–H groups in total. The lowest BCUT2D eigenvalue weighted by Crippen LogP contribution is -2.34. The monoisotopic (exact) mass is 315 g/mol. The van der Waals surface area contributed by atoms with Crippen molar-refractivity contribution in [2.45, 2.75) is 6.92 Å². The fraction of sp³-hybridized carbons (Fsp3) is 0.667. The summed E-state index contributed by atoms with van der Waals surface area (Å²) in [5.41, 5.74) is 0. The topological polar surface area (TPSA) is 60.4 Å². The Balaban J connectivity index is -0.000000209. The number of aliphatic carboxylic acids is 1. The molecular weight excluding hydrogens is 297 g/mol. The number of carboxylic acids is 1. The largest absolute Gasteiger partial charge is 0.550 e. The Bertz CT molecular complexity index is 196. The van der Waals surface area contributed by atoms with E-state index in [0.717, 1.165) is 18.0 Å². The van der Waals surface area contributed by atoms with E-state index in [4.69, 9.17) is 15.0 Å². The lowest BCUT2D eigenvalue weighted by molar-refractivity contribution is -0.862. The third kappa shape index (κ3) is 41.3. The number of aliphatic hydroxyl groups excluding tert-OH is 1. The van der Waals surface area contributed by atoms with Crippen LogP contribution in [0.1, 0.15) is 6.92 Å². The zero-order valence-electron chi connectivity index (χ0n) is 9.03. The van der Waals surface area contributed by atoms with Crippen molar-refractivity contribution in [2.24, 2.45) is 0 Å². The molecule has 0 aromatic carbocycles. The van der Waals surface area contributed by atoms with Crippen molar-refractivity contribution in [3.63, 3.8) is 0 Å². The Hall–Kier alpha value is -0.320. The smallest absolute Gasteiger partial charge is 0.140 e. The Kier molecular flexibility index (Phi) is 14.8. The van der Waals surface area contributed by atoms with Crippen LogP contribution in [-0.2, 0) is 4.79 Å². The number of aliphatic hydroxyl groups is 1. The molecule has 0 fully saturated rings. The molecule has 0 unspecified atom stereocenters. The maximum Gasteiger partial charge on any atom is 0.140 e. The van der Waals surface area contributed by atoms with Gasteiger partial charge in [0.05, 0.1) is 21.1 Å². The Morgan fingerprint density at radius 1 is 1.36 bits per heavy atom. The summed E-state index contributed by atoms with van der Waals surface area (Å²) in [6.45, 7) is 1.74. The molecule has 0 saturated carbocycles. The fourth-order valence-corrected chi connectivity index (χ4v) is 0.349. The van der Waals surface area contributed by atoms with Gasteiger partial charge in [0.15, 0.2) is 0 Å². The highest BCUT2D eigenvalue weighted by molar-refractivity contribution is 14.0. The highest BCUT2D eigenvalue weighted by Crippen LogP contribution is 1.84. The van der Waals surface area contributed by atoms with Gasteiger partial charge in [0.1, 0.15) is 13.2 Å². The van der Waals surface area contributed by atoms with Gasteiger partial charge in [-0.1, -0.05) is 5.92 Å². The fourth-order valence-electron chi connectivity index (χ4n) is 0.349. The molecule has 0 rings (SSSR count). The second-order valence-corrected chi connectivity index (χ2v) is 3.45. The maximum absolute atomic E-state index is 8.89. The van der Waals surface area contributed by atoms with Crippen molar-refractivity contribution in [1.29, 1.82) is 0 Å². The second-order valence-electron chi connectivity index (χ2n) is 3.45. The molecular formula is C9H18INO3. The summed E-state index contributed by atoms with van der Waals surface area (Å²) in [4.78, 5) is 8.89. The number of carbonyl (C=O) groups is 1. The average molecular weight is 315 g/mol. The van der Waals surface area contributed by atoms with Gasteiger partial charge < -0.3 is 19.5 Å². The highest BCUT2D eigenvalue weighted by Gasteiger charge is 2.00. The van der Waals surface area contributed by atoms with E-state index in [2.05, 4.69) is 33.0 Å². The van der Waals surface area contributed by atoms with Crippen LogP contribution in [-0.4, -0.2) is 49.9 Å². The Morgan fingerprint density at radius 3 is 1.93 bits per heavy atom. The van der Waals surface area contributed by atoms with E-state index in [1.165, 1.54) is 0 Å². The lowest BCUT2D eigenvalue weighted by atomic mass is 10.5. The molecule has 0 radical (unpaired) electrons. The molecule has 5 heteroatoms. The first-order chi connectivity index (χ1) is 5.79. The van der Waals surface area contributed by atoms with E-state index >= 15 is 0 Å². The summed E-state index contributed by atoms with van der Waals surface area (Å²) in [5.74, 6) is 4.36. The van der Waals surface area contributed by atoms with Crippen LogP contribution in [0.3, 0.4) is 0 Å². The summed E-state index contributed by atoms with van der Waals surface area (Å²) >= 11 is 0. The summed E-state index contributed by atoms with van der Waals surface area (Å²) in [5, 5.41) is 17.2. The summed E-state index contributed by atoms with van der Waals surface area (Å²) in [7, 11) is 6.18. The quantitative estimate of drug-likeness (QED) is 0.386. The SMILES string of the molecule is CC(=O)[O-].C[N+](C)(C)CC#CCO.I. The second kappa shape index (κ2) is 10.8. The van der Waals surface area contributed by atoms with Crippen LogP contribution in [0.5, 0.6) is 0 Å². The van der Waals surface area contributed by atoms with E-state index in [-0.39, 0.29) is 30.6 Å². The number of nitrogens with zero attached hydrogens (tertiary/aromatic N) is 1. The molecule has 14 heavy (non-hydrogen) atoms. The van der Waals surface area contributed by atoms with Crippen LogP contribution in [0.25, 0.3) is 0 Å². The Labute approximate surface area is 103 Å². The molecule has 0 amide bonds. The van der Waals surface area contributed by atoms with E-state index in [1.54, 1.807) is 0 Å². The molecule has 0 aliphatic heterocycles. The lowest BCUT2D eigenvalue weighted by Gasteiger charge is -2.19. The number of hydrogen-bond donors (Lipinski definition) is 1. The van der Waals surface area contributed by atoms with Crippen molar-refractivity contribution in [2.75, 3.05) is 34.3 Å². The van der Waals surface area contributed by atoms with Gasteiger partial charge in [-0.15, -0.1) is 24.0 Å². The third-order valence-corrected chi connectivity index (χ3v) is 0.757. The highest BCUT2D eigenvalue weighted by atomic mass is 127. The zero-order chi connectivity index (χ0) is 10.9. The minimum Gasteiger partial charge on any atom is -0.550 e. The minimum atomic E-state index is -1.08. The van der Waals surface area contributed by atoms with E-state index in [9.17, 15) is 0 Å².